The summed E-state index contributed by atoms with van der Waals surface area (Å²) in [6.45, 7) is 3.48. The van der Waals surface area contributed by atoms with Crippen molar-refractivity contribution in [1.29, 1.82) is 0 Å². The molecule has 0 bridgehead atoms. The van der Waals surface area contributed by atoms with Gasteiger partial charge in [-0.1, -0.05) is 18.2 Å². The third kappa shape index (κ3) is 2.48. The van der Waals surface area contributed by atoms with E-state index in [9.17, 15) is 4.79 Å². The van der Waals surface area contributed by atoms with Crippen LogP contribution in [0.3, 0.4) is 0 Å². The van der Waals surface area contributed by atoms with Gasteiger partial charge in [0.15, 0.2) is 5.69 Å². The van der Waals surface area contributed by atoms with Gasteiger partial charge >= 0.3 is 0 Å². The quantitative estimate of drug-likeness (QED) is 0.788. The Kier molecular flexibility index (Phi) is 3.59. The first-order valence-electron chi connectivity index (χ1n) is 8.35. The molecule has 1 fully saturated rings. The second-order valence-corrected chi connectivity index (χ2v) is 6.56. The second-order valence-electron chi connectivity index (χ2n) is 6.56. The van der Waals surface area contributed by atoms with Crippen LogP contribution in [0.25, 0.3) is 10.9 Å². The number of hydrogen-bond donors (Lipinski definition) is 1. The standard InChI is InChI=1S/C18H21N5O/c1-12-10-22(2)17(19-12)13-6-5-9-23(11-13)18(24)16-14-7-3-4-8-15(14)20-21-16/h3-4,7-8,10,13H,5-6,9,11H2,1-2H3,(H,20,21). The van der Waals surface area contributed by atoms with Crippen LogP contribution in [0, 0.1) is 6.92 Å². The smallest absolute Gasteiger partial charge is 0.275 e. The van der Waals surface area contributed by atoms with Gasteiger partial charge in [-0.15, -0.1) is 0 Å². The normalized spacial score (nSPS) is 18.2. The van der Waals surface area contributed by atoms with E-state index in [1.165, 1.54) is 0 Å². The largest absolute Gasteiger partial charge is 0.337 e. The molecule has 6 heteroatoms. The molecule has 1 aliphatic heterocycles. The molecule has 1 N–H and O–H groups in total. The van der Waals surface area contributed by atoms with Gasteiger partial charge in [0.05, 0.1) is 11.2 Å². The number of hydrogen-bond acceptors (Lipinski definition) is 3. The summed E-state index contributed by atoms with van der Waals surface area (Å²) in [5, 5.41) is 8.09. The van der Waals surface area contributed by atoms with Crippen molar-refractivity contribution >= 4 is 16.8 Å². The average molecular weight is 323 g/mol. The Morgan fingerprint density at radius 2 is 2.17 bits per heavy atom. The van der Waals surface area contributed by atoms with Crippen LogP contribution >= 0.6 is 0 Å². The minimum Gasteiger partial charge on any atom is -0.337 e. The van der Waals surface area contributed by atoms with Gasteiger partial charge in [-0.3, -0.25) is 9.89 Å². The van der Waals surface area contributed by atoms with Crippen molar-refractivity contribution in [1.82, 2.24) is 24.6 Å². The second kappa shape index (κ2) is 5.78. The van der Waals surface area contributed by atoms with Gasteiger partial charge in [-0.25, -0.2) is 4.98 Å². The lowest BCUT2D eigenvalue weighted by molar-refractivity contribution is 0.0699. The molecule has 3 aromatic rings. The zero-order chi connectivity index (χ0) is 16.7. The first-order valence-corrected chi connectivity index (χ1v) is 8.35. The number of aromatic amines is 1. The Hall–Kier alpha value is -2.63. The van der Waals surface area contributed by atoms with Gasteiger partial charge in [0.1, 0.15) is 5.82 Å². The van der Waals surface area contributed by atoms with Crippen LogP contribution in [0.4, 0.5) is 0 Å². The highest BCUT2D eigenvalue weighted by Crippen LogP contribution is 2.27. The fourth-order valence-electron chi connectivity index (χ4n) is 3.66. The van der Waals surface area contributed by atoms with Crippen LogP contribution in [-0.2, 0) is 7.05 Å². The summed E-state index contributed by atoms with van der Waals surface area (Å²) in [6.07, 6.45) is 4.09. The number of likely N-dealkylation sites (tertiary alicyclic amines) is 1. The number of carbonyl (C=O) groups is 1. The van der Waals surface area contributed by atoms with E-state index >= 15 is 0 Å². The maximum atomic E-state index is 13.0. The predicted molar refractivity (Wildman–Crippen MR) is 91.9 cm³/mol. The molecule has 0 saturated carbocycles. The zero-order valence-corrected chi connectivity index (χ0v) is 14.0. The number of H-pyrrole nitrogens is 1. The third-order valence-corrected chi connectivity index (χ3v) is 4.78. The molecule has 0 aliphatic carbocycles. The topological polar surface area (TPSA) is 66.8 Å². The minimum absolute atomic E-state index is 0.00285. The number of imidazole rings is 1. The summed E-state index contributed by atoms with van der Waals surface area (Å²) in [4.78, 5) is 19.5. The average Bonchev–Trinajstić information content (AvgIpc) is 3.17. The highest BCUT2D eigenvalue weighted by molar-refractivity contribution is 6.04. The molecule has 1 unspecified atom stereocenters. The summed E-state index contributed by atoms with van der Waals surface area (Å²) in [5.41, 5.74) is 2.44. The Morgan fingerprint density at radius 1 is 1.33 bits per heavy atom. The number of aromatic nitrogens is 4. The Labute approximate surface area is 140 Å². The van der Waals surface area contributed by atoms with E-state index in [0.29, 0.717) is 12.2 Å². The first kappa shape index (κ1) is 14.9. The number of carbonyl (C=O) groups excluding carboxylic acids is 1. The molecule has 6 nitrogen and oxygen atoms in total. The highest BCUT2D eigenvalue weighted by atomic mass is 16.2. The number of benzene rings is 1. The lowest BCUT2D eigenvalue weighted by Gasteiger charge is -2.32. The third-order valence-electron chi connectivity index (χ3n) is 4.78. The van der Waals surface area contributed by atoms with E-state index in [-0.39, 0.29) is 11.8 Å². The van der Waals surface area contributed by atoms with Gasteiger partial charge in [0.25, 0.3) is 5.91 Å². The van der Waals surface area contributed by atoms with Gasteiger partial charge in [-0.05, 0) is 25.8 Å². The van der Waals surface area contributed by atoms with Gasteiger partial charge < -0.3 is 9.47 Å². The van der Waals surface area contributed by atoms with Crippen molar-refractivity contribution in [2.75, 3.05) is 13.1 Å². The van der Waals surface area contributed by atoms with E-state index in [1.54, 1.807) is 0 Å². The molecule has 1 aromatic carbocycles. The Balaban J connectivity index is 1.60. The van der Waals surface area contributed by atoms with Crippen LogP contribution in [0.1, 0.15) is 40.8 Å². The van der Waals surface area contributed by atoms with E-state index in [0.717, 1.165) is 41.8 Å². The summed E-state index contributed by atoms with van der Waals surface area (Å²) in [5.74, 6) is 1.35. The van der Waals surface area contributed by atoms with Crippen LogP contribution in [0.2, 0.25) is 0 Å². The number of rotatable bonds is 2. The lowest BCUT2D eigenvalue weighted by Crippen LogP contribution is -2.40. The number of para-hydroxylation sites is 1. The summed E-state index contributed by atoms with van der Waals surface area (Å²) < 4.78 is 2.08. The zero-order valence-electron chi connectivity index (χ0n) is 14.0. The number of piperidine rings is 1. The molecule has 1 saturated heterocycles. The molecule has 0 radical (unpaired) electrons. The number of aryl methyl sites for hydroxylation is 2. The van der Waals surface area contributed by atoms with Gasteiger partial charge in [0, 0.05) is 37.6 Å². The van der Waals surface area contributed by atoms with Crippen molar-refractivity contribution in [2.45, 2.75) is 25.7 Å². The first-order chi connectivity index (χ1) is 11.6. The predicted octanol–water partition coefficient (Wildman–Crippen LogP) is 2.62. The van der Waals surface area contributed by atoms with Crippen molar-refractivity contribution in [2.24, 2.45) is 7.05 Å². The minimum atomic E-state index is 0.00285. The van der Waals surface area contributed by atoms with Crippen LogP contribution in [-0.4, -0.2) is 43.6 Å². The molecular formula is C18H21N5O. The monoisotopic (exact) mass is 323 g/mol. The number of amides is 1. The molecule has 1 amide bonds. The number of nitrogens with one attached hydrogen (secondary N) is 1. The molecule has 124 valence electrons. The maximum absolute atomic E-state index is 13.0. The van der Waals surface area contributed by atoms with Crippen LogP contribution < -0.4 is 0 Å². The lowest BCUT2D eigenvalue weighted by atomic mass is 9.96. The van der Waals surface area contributed by atoms with Crippen molar-refractivity contribution in [3.63, 3.8) is 0 Å². The molecule has 2 aromatic heterocycles. The van der Waals surface area contributed by atoms with Crippen molar-refractivity contribution in [3.8, 4) is 0 Å². The molecule has 0 spiro atoms. The summed E-state index contributed by atoms with van der Waals surface area (Å²) in [7, 11) is 2.03. The summed E-state index contributed by atoms with van der Waals surface area (Å²) >= 11 is 0. The molecule has 1 atom stereocenters. The van der Waals surface area contributed by atoms with Crippen molar-refractivity contribution < 1.29 is 4.79 Å². The van der Waals surface area contributed by atoms with E-state index in [4.69, 9.17) is 0 Å². The summed E-state index contributed by atoms with van der Waals surface area (Å²) in [6, 6.07) is 7.75. The SMILES string of the molecule is Cc1cn(C)c(C2CCCN(C(=O)c3n[nH]c4ccccc34)C2)n1. The Bertz CT molecular complexity index is 894. The Morgan fingerprint density at radius 3 is 2.96 bits per heavy atom. The molecule has 1 aliphatic rings. The van der Waals surface area contributed by atoms with Gasteiger partial charge in [-0.2, -0.15) is 5.10 Å². The van der Waals surface area contributed by atoms with Gasteiger partial charge in [0.2, 0.25) is 0 Å². The fraction of sp³-hybridized carbons (Fsp3) is 0.389. The van der Waals surface area contributed by atoms with E-state index < -0.39 is 0 Å². The van der Waals surface area contributed by atoms with E-state index in [1.807, 2.05) is 49.3 Å². The molecular weight excluding hydrogens is 302 g/mol. The van der Waals surface area contributed by atoms with Crippen LogP contribution in [0.5, 0.6) is 0 Å². The molecule has 4 rings (SSSR count). The highest BCUT2D eigenvalue weighted by Gasteiger charge is 2.29. The van der Waals surface area contributed by atoms with Crippen LogP contribution in [0.15, 0.2) is 30.5 Å². The molecule has 24 heavy (non-hydrogen) atoms. The number of fused-ring (bicyclic) bond motifs is 1. The van der Waals surface area contributed by atoms with E-state index in [2.05, 4.69) is 19.7 Å². The maximum Gasteiger partial charge on any atom is 0.275 e. The fourth-order valence-corrected chi connectivity index (χ4v) is 3.66. The number of nitrogens with zero attached hydrogens (tertiary/aromatic N) is 4. The van der Waals surface area contributed by atoms with Crippen molar-refractivity contribution in [3.05, 3.63) is 47.7 Å². The molecule has 3 heterocycles.